The summed E-state index contributed by atoms with van der Waals surface area (Å²) < 4.78 is 0. The standard InChI is InChI=1S/C17H14N4O2/c22-17(21-23)10-5-6-14-15(9-10)20-16(19-14)12-7-8-18-13-4-2-1-3-11(12)13/h1-9,16,19-20,23H,(H,21,22). The molecule has 1 unspecified atom stereocenters. The molecule has 1 aliphatic rings. The van der Waals surface area contributed by atoms with E-state index in [1.165, 1.54) is 0 Å². The number of anilines is 2. The minimum absolute atomic E-state index is 0.106. The van der Waals surface area contributed by atoms with Gasteiger partial charge in [-0.05, 0) is 30.3 Å². The zero-order valence-corrected chi connectivity index (χ0v) is 12.1. The molecule has 0 saturated carbocycles. The van der Waals surface area contributed by atoms with Crippen LogP contribution in [0.25, 0.3) is 10.9 Å². The Bertz CT molecular complexity index is 905. The normalized spacial score (nSPS) is 15.6. The molecule has 1 atom stereocenters. The van der Waals surface area contributed by atoms with Crippen molar-refractivity contribution in [3.05, 3.63) is 65.9 Å². The molecular weight excluding hydrogens is 292 g/mol. The Morgan fingerprint density at radius 1 is 1.09 bits per heavy atom. The molecule has 0 spiro atoms. The van der Waals surface area contributed by atoms with Crippen LogP contribution in [0.3, 0.4) is 0 Å². The van der Waals surface area contributed by atoms with E-state index in [0.717, 1.165) is 27.8 Å². The molecule has 0 radical (unpaired) electrons. The van der Waals surface area contributed by atoms with Gasteiger partial charge in [0.25, 0.3) is 5.91 Å². The lowest BCUT2D eigenvalue weighted by atomic mass is 10.1. The summed E-state index contributed by atoms with van der Waals surface area (Å²) in [6.45, 7) is 0. The number of fused-ring (bicyclic) bond motifs is 2. The molecule has 0 bridgehead atoms. The number of pyridine rings is 1. The maximum absolute atomic E-state index is 11.5. The van der Waals surface area contributed by atoms with Crippen LogP contribution in [0.5, 0.6) is 0 Å². The number of carbonyl (C=O) groups excluding carboxylic acids is 1. The SMILES string of the molecule is O=C(NO)c1ccc2c(c1)NC(c1ccnc3ccccc13)N2. The summed E-state index contributed by atoms with van der Waals surface area (Å²) >= 11 is 0. The molecule has 0 saturated heterocycles. The Morgan fingerprint density at radius 2 is 1.91 bits per heavy atom. The van der Waals surface area contributed by atoms with Gasteiger partial charge in [0.2, 0.25) is 0 Å². The minimum Gasteiger partial charge on any atom is -0.360 e. The highest BCUT2D eigenvalue weighted by molar-refractivity contribution is 5.96. The number of carbonyl (C=O) groups is 1. The molecule has 6 nitrogen and oxygen atoms in total. The van der Waals surface area contributed by atoms with E-state index in [1.54, 1.807) is 23.8 Å². The van der Waals surface area contributed by atoms with Crippen LogP contribution < -0.4 is 16.1 Å². The largest absolute Gasteiger partial charge is 0.360 e. The number of aromatic nitrogens is 1. The minimum atomic E-state index is -0.535. The van der Waals surface area contributed by atoms with Crippen molar-refractivity contribution in [3.8, 4) is 0 Å². The maximum Gasteiger partial charge on any atom is 0.274 e. The monoisotopic (exact) mass is 306 g/mol. The first-order valence-electron chi connectivity index (χ1n) is 7.21. The number of benzene rings is 2. The number of para-hydroxylation sites is 1. The number of hydrogen-bond acceptors (Lipinski definition) is 5. The van der Waals surface area contributed by atoms with Crippen molar-refractivity contribution in [2.75, 3.05) is 10.6 Å². The van der Waals surface area contributed by atoms with Crippen LogP contribution >= 0.6 is 0 Å². The van der Waals surface area contributed by atoms with Crippen molar-refractivity contribution >= 4 is 28.2 Å². The van der Waals surface area contributed by atoms with Crippen LogP contribution in [0.2, 0.25) is 0 Å². The molecule has 4 rings (SSSR count). The predicted octanol–water partition coefficient (Wildman–Crippen LogP) is 2.89. The molecule has 2 aromatic carbocycles. The maximum atomic E-state index is 11.5. The summed E-state index contributed by atoms with van der Waals surface area (Å²) in [7, 11) is 0. The van der Waals surface area contributed by atoms with E-state index in [1.807, 2.05) is 36.4 Å². The molecule has 0 fully saturated rings. The fourth-order valence-corrected chi connectivity index (χ4v) is 2.87. The Hall–Kier alpha value is -3.12. The Kier molecular flexibility index (Phi) is 3.09. The highest BCUT2D eigenvalue weighted by Crippen LogP contribution is 2.37. The molecule has 2 heterocycles. The van der Waals surface area contributed by atoms with Crippen molar-refractivity contribution < 1.29 is 10.0 Å². The van der Waals surface area contributed by atoms with Crippen molar-refractivity contribution in [1.29, 1.82) is 0 Å². The van der Waals surface area contributed by atoms with Gasteiger partial charge in [0.05, 0.1) is 16.9 Å². The van der Waals surface area contributed by atoms with Crippen LogP contribution in [-0.4, -0.2) is 16.1 Å². The molecule has 3 aromatic rings. The van der Waals surface area contributed by atoms with Crippen LogP contribution in [0.1, 0.15) is 22.1 Å². The molecule has 4 N–H and O–H groups in total. The lowest BCUT2D eigenvalue weighted by Gasteiger charge is -2.15. The Morgan fingerprint density at radius 3 is 2.78 bits per heavy atom. The van der Waals surface area contributed by atoms with E-state index in [9.17, 15) is 4.79 Å². The number of nitrogens with one attached hydrogen (secondary N) is 3. The fourth-order valence-electron chi connectivity index (χ4n) is 2.87. The van der Waals surface area contributed by atoms with Gasteiger partial charge >= 0.3 is 0 Å². The molecule has 0 aliphatic carbocycles. The molecule has 1 amide bonds. The van der Waals surface area contributed by atoms with Crippen molar-refractivity contribution in [1.82, 2.24) is 10.5 Å². The van der Waals surface area contributed by atoms with Gasteiger partial charge in [0.1, 0.15) is 6.17 Å². The van der Waals surface area contributed by atoms with E-state index in [-0.39, 0.29) is 6.17 Å². The summed E-state index contributed by atoms with van der Waals surface area (Å²) in [5, 5.41) is 16.6. The Balaban J connectivity index is 1.71. The lowest BCUT2D eigenvalue weighted by Crippen LogP contribution is -2.18. The van der Waals surface area contributed by atoms with E-state index in [2.05, 4.69) is 15.6 Å². The zero-order valence-electron chi connectivity index (χ0n) is 12.1. The molecular formula is C17H14N4O2. The second kappa shape index (κ2) is 5.26. The molecule has 6 heteroatoms. The summed E-state index contributed by atoms with van der Waals surface area (Å²) in [6.07, 6.45) is 1.68. The second-order valence-corrected chi connectivity index (χ2v) is 5.34. The summed E-state index contributed by atoms with van der Waals surface area (Å²) in [5.41, 5.74) is 5.78. The molecule has 1 aromatic heterocycles. The van der Waals surface area contributed by atoms with Crippen molar-refractivity contribution in [2.45, 2.75) is 6.17 Å². The first-order chi connectivity index (χ1) is 11.3. The van der Waals surface area contributed by atoms with Crippen LogP contribution in [0.15, 0.2) is 54.7 Å². The number of amides is 1. The molecule has 114 valence electrons. The van der Waals surface area contributed by atoms with Crippen LogP contribution in [-0.2, 0) is 0 Å². The summed E-state index contributed by atoms with van der Waals surface area (Å²) in [6, 6.07) is 15.1. The van der Waals surface area contributed by atoms with Gasteiger partial charge in [-0.3, -0.25) is 15.0 Å². The quantitative estimate of drug-likeness (QED) is 0.432. The van der Waals surface area contributed by atoms with E-state index in [0.29, 0.717) is 5.56 Å². The molecule has 1 aliphatic heterocycles. The lowest BCUT2D eigenvalue weighted by molar-refractivity contribution is 0.0706. The highest BCUT2D eigenvalue weighted by atomic mass is 16.5. The van der Waals surface area contributed by atoms with Gasteiger partial charge in [-0.15, -0.1) is 0 Å². The first kappa shape index (κ1) is 13.5. The average Bonchev–Trinajstić information content (AvgIpc) is 3.03. The van der Waals surface area contributed by atoms with Crippen LogP contribution in [0, 0.1) is 0 Å². The predicted molar refractivity (Wildman–Crippen MR) is 87.4 cm³/mol. The summed E-state index contributed by atoms with van der Waals surface area (Å²) in [4.78, 5) is 15.9. The zero-order chi connectivity index (χ0) is 15.8. The third kappa shape index (κ3) is 2.25. The number of nitrogens with zero attached hydrogens (tertiary/aromatic N) is 1. The van der Waals surface area contributed by atoms with Crippen LogP contribution in [0.4, 0.5) is 11.4 Å². The van der Waals surface area contributed by atoms with Gasteiger partial charge in [0, 0.05) is 22.7 Å². The van der Waals surface area contributed by atoms with Gasteiger partial charge in [0.15, 0.2) is 0 Å². The highest BCUT2D eigenvalue weighted by Gasteiger charge is 2.23. The molecule has 23 heavy (non-hydrogen) atoms. The van der Waals surface area contributed by atoms with E-state index in [4.69, 9.17) is 5.21 Å². The average molecular weight is 306 g/mol. The number of hydrogen-bond donors (Lipinski definition) is 4. The first-order valence-corrected chi connectivity index (χ1v) is 7.21. The number of rotatable bonds is 2. The van der Waals surface area contributed by atoms with Crippen molar-refractivity contribution in [2.24, 2.45) is 0 Å². The van der Waals surface area contributed by atoms with Gasteiger partial charge in [-0.1, -0.05) is 18.2 Å². The van der Waals surface area contributed by atoms with E-state index < -0.39 is 5.91 Å². The van der Waals surface area contributed by atoms with Gasteiger partial charge < -0.3 is 10.6 Å². The topological polar surface area (TPSA) is 86.3 Å². The van der Waals surface area contributed by atoms with Gasteiger partial charge in [-0.25, -0.2) is 5.48 Å². The van der Waals surface area contributed by atoms with E-state index >= 15 is 0 Å². The van der Waals surface area contributed by atoms with Crippen molar-refractivity contribution in [3.63, 3.8) is 0 Å². The Labute approximate surface area is 132 Å². The van der Waals surface area contributed by atoms with Gasteiger partial charge in [-0.2, -0.15) is 0 Å². The second-order valence-electron chi connectivity index (χ2n) is 5.34. The fraction of sp³-hybridized carbons (Fsp3) is 0.0588. The number of hydroxylamine groups is 1. The smallest absolute Gasteiger partial charge is 0.274 e. The summed E-state index contributed by atoms with van der Waals surface area (Å²) in [5.74, 6) is -0.535. The third-order valence-electron chi connectivity index (χ3n) is 3.98. The third-order valence-corrected chi connectivity index (χ3v) is 3.98.